The van der Waals surface area contributed by atoms with Crippen molar-refractivity contribution in [3.8, 4) is 11.1 Å². The van der Waals surface area contributed by atoms with Gasteiger partial charge in [-0.1, -0.05) is 30.4 Å². The zero-order valence-corrected chi connectivity index (χ0v) is 13.1. The van der Waals surface area contributed by atoms with E-state index < -0.39 is 0 Å². The van der Waals surface area contributed by atoms with Crippen LogP contribution in [0.5, 0.6) is 0 Å². The summed E-state index contributed by atoms with van der Waals surface area (Å²) < 4.78 is 0. The lowest BCUT2D eigenvalue weighted by Gasteiger charge is -2.20. The fourth-order valence-corrected chi connectivity index (χ4v) is 3.41. The quantitative estimate of drug-likeness (QED) is 0.639. The van der Waals surface area contributed by atoms with Crippen molar-refractivity contribution in [2.75, 3.05) is 0 Å². The highest BCUT2D eigenvalue weighted by Crippen LogP contribution is 2.38. The van der Waals surface area contributed by atoms with Gasteiger partial charge in [-0.2, -0.15) is 0 Å². The number of benzene rings is 2. The first kappa shape index (κ1) is 13.2. The molecule has 0 saturated carbocycles. The van der Waals surface area contributed by atoms with Crippen molar-refractivity contribution in [1.82, 2.24) is 0 Å². The number of allylic oxidation sites excluding steroid dienone is 1. The second-order valence-electron chi connectivity index (χ2n) is 5.98. The second-order valence-corrected chi connectivity index (χ2v) is 5.98. The molecule has 2 aromatic carbocycles. The maximum Gasteiger partial charge on any atom is -0.00879 e. The molecule has 2 aromatic rings. The van der Waals surface area contributed by atoms with Crippen molar-refractivity contribution in [2.24, 2.45) is 0 Å². The van der Waals surface area contributed by atoms with Crippen molar-refractivity contribution in [3.05, 3.63) is 63.2 Å². The predicted molar refractivity (Wildman–Crippen MR) is 88.3 cm³/mol. The Morgan fingerprint density at radius 3 is 2.00 bits per heavy atom. The molecular weight excluding hydrogens is 240 g/mol. The minimum Gasteiger partial charge on any atom is -0.0795 e. The molecule has 0 spiro atoms. The lowest BCUT2D eigenvalue weighted by molar-refractivity contribution is 1.18. The largest absolute Gasteiger partial charge is 0.0795 e. The number of hydrogen-bond acceptors (Lipinski definition) is 0. The molecule has 1 aliphatic carbocycles. The van der Waals surface area contributed by atoms with E-state index in [9.17, 15) is 0 Å². The SMILES string of the molecule is Cc1c(C)c(C)c(-c2cccc3c2C=CC3)c(C)c1C. The summed E-state index contributed by atoms with van der Waals surface area (Å²) >= 11 is 0. The highest BCUT2D eigenvalue weighted by molar-refractivity contribution is 5.84. The molecule has 0 nitrogen and oxygen atoms in total. The monoisotopic (exact) mass is 262 g/mol. The van der Waals surface area contributed by atoms with Gasteiger partial charge in [0.05, 0.1) is 0 Å². The predicted octanol–water partition coefficient (Wildman–Crippen LogP) is 5.47. The van der Waals surface area contributed by atoms with Crippen LogP contribution < -0.4 is 0 Å². The van der Waals surface area contributed by atoms with E-state index in [-0.39, 0.29) is 0 Å². The molecule has 0 saturated heterocycles. The zero-order chi connectivity index (χ0) is 14.4. The molecule has 0 heteroatoms. The third kappa shape index (κ3) is 1.75. The van der Waals surface area contributed by atoms with Gasteiger partial charge < -0.3 is 0 Å². The first-order chi connectivity index (χ1) is 9.52. The van der Waals surface area contributed by atoms with Gasteiger partial charge in [0.2, 0.25) is 0 Å². The van der Waals surface area contributed by atoms with Crippen molar-refractivity contribution in [3.63, 3.8) is 0 Å². The van der Waals surface area contributed by atoms with E-state index in [0.29, 0.717) is 0 Å². The molecule has 102 valence electrons. The first-order valence-corrected chi connectivity index (χ1v) is 7.38. The van der Waals surface area contributed by atoms with Gasteiger partial charge in [0, 0.05) is 0 Å². The average Bonchev–Trinajstić information content (AvgIpc) is 2.92. The van der Waals surface area contributed by atoms with Crippen LogP contribution in [-0.2, 0) is 6.42 Å². The first-order valence-electron chi connectivity index (χ1n) is 7.38. The maximum atomic E-state index is 2.29. The van der Waals surface area contributed by atoms with E-state index in [1.165, 1.54) is 50.1 Å². The van der Waals surface area contributed by atoms with Gasteiger partial charge in [0.25, 0.3) is 0 Å². The van der Waals surface area contributed by atoms with Gasteiger partial charge in [0.15, 0.2) is 0 Å². The van der Waals surface area contributed by atoms with Crippen LogP contribution in [0.3, 0.4) is 0 Å². The summed E-state index contributed by atoms with van der Waals surface area (Å²) in [5.74, 6) is 0. The zero-order valence-electron chi connectivity index (χ0n) is 13.1. The highest BCUT2D eigenvalue weighted by atomic mass is 14.2. The Labute approximate surface area is 122 Å². The van der Waals surface area contributed by atoms with Crippen molar-refractivity contribution < 1.29 is 0 Å². The van der Waals surface area contributed by atoms with Crippen LogP contribution in [0.4, 0.5) is 0 Å². The maximum absolute atomic E-state index is 2.29. The number of fused-ring (bicyclic) bond motifs is 1. The van der Waals surface area contributed by atoms with E-state index in [1.807, 2.05) is 0 Å². The smallest absolute Gasteiger partial charge is 0.00879 e. The minimum atomic E-state index is 1.07. The Bertz CT molecular complexity index is 701. The van der Waals surface area contributed by atoms with Crippen LogP contribution >= 0.6 is 0 Å². The second kappa shape index (κ2) is 4.63. The average molecular weight is 262 g/mol. The molecule has 0 amide bonds. The Hall–Kier alpha value is -1.82. The molecule has 0 bridgehead atoms. The molecule has 0 N–H and O–H groups in total. The van der Waals surface area contributed by atoms with E-state index >= 15 is 0 Å². The van der Waals surface area contributed by atoms with Crippen molar-refractivity contribution in [1.29, 1.82) is 0 Å². The highest BCUT2D eigenvalue weighted by Gasteiger charge is 2.18. The molecule has 0 aromatic heterocycles. The fraction of sp³-hybridized carbons (Fsp3) is 0.300. The molecule has 0 radical (unpaired) electrons. The molecule has 0 fully saturated rings. The summed E-state index contributed by atoms with van der Waals surface area (Å²) in [7, 11) is 0. The molecule has 3 rings (SSSR count). The number of rotatable bonds is 1. The summed E-state index contributed by atoms with van der Waals surface area (Å²) in [6.07, 6.45) is 5.63. The molecule has 0 unspecified atom stereocenters. The Morgan fingerprint density at radius 2 is 1.35 bits per heavy atom. The number of hydrogen-bond donors (Lipinski definition) is 0. The van der Waals surface area contributed by atoms with Crippen molar-refractivity contribution >= 4 is 6.08 Å². The van der Waals surface area contributed by atoms with Crippen LogP contribution in [0.2, 0.25) is 0 Å². The summed E-state index contributed by atoms with van der Waals surface area (Å²) in [5, 5.41) is 0. The van der Waals surface area contributed by atoms with Crippen LogP contribution in [0, 0.1) is 34.6 Å². The Kier molecular flexibility index (Phi) is 3.05. The van der Waals surface area contributed by atoms with Crippen LogP contribution in [-0.4, -0.2) is 0 Å². The molecule has 0 aliphatic heterocycles. The van der Waals surface area contributed by atoms with E-state index in [2.05, 4.69) is 65.0 Å². The molecule has 1 aliphatic rings. The fourth-order valence-electron chi connectivity index (χ4n) is 3.41. The van der Waals surface area contributed by atoms with Gasteiger partial charge in [-0.3, -0.25) is 0 Å². The molecule has 0 heterocycles. The Balaban J connectivity index is 2.37. The molecule has 0 atom stereocenters. The van der Waals surface area contributed by atoms with Gasteiger partial charge in [0.1, 0.15) is 0 Å². The normalized spacial score (nSPS) is 12.8. The minimum absolute atomic E-state index is 1.07. The third-order valence-corrected chi connectivity index (χ3v) is 5.09. The van der Waals surface area contributed by atoms with E-state index in [1.54, 1.807) is 0 Å². The van der Waals surface area contributed by atoms with E-state index in [4.69, 9.17) is 0 Å². The van der Waals surface area contributed by atoms with Gasteiger partial charge in [-0.05, 0) is 91.1 Å². The van der Waals surface area contributed by atoms with E-state index in [0.717, 1.165) is 6.42 Å². The van der Waals surface area contributed by atoms with Crippen LogP contribution in [0.15, 0.2) is 24.3 Å². The summed E-state index contributed by atoms with van der Waals surface area (Å²) in [6, 6.07) is 6.72. The topological polar surface area (TPSA) is 0 Å². The van der Waals surface area contributed by atoms with Crippen molar-refractivity contribution in [2.45, 2.75) is 41.0 Å². The van der Waals surface area contributed by atoms with Gasteiger partial charge in [-0.25, -0.2) is 0 Å². The summed E-state index contributed by atoms with van der Waals surface area (Å²) in [4.78, 5) is 0. The van der Waals surface area contributed by atoms with Gasteiger partial charge >= 0.3 is 0 Å². The standard InChI is InChI=1S/C20H22/c1-12-13(2)15(4)20(16(5)14(12)3)19-11-7-9-17-8-6-10-18(17)19/h6-7,9-11H,8H2,1-5H3. The third-order valence-electron chi connectivity index (χ3n) is 5.09. The summed E-state index contributed by atoms with van der Waals surface area (Å²) in [6.45, 7) is 11.3. The van der Waals surface area contributed by atoms with Crippen LogP contribution in [0.25, 0.3) is 17.2 Å². The van der Waals surface area contributed by atoms with Gasteiger partial charge in [-0.15, -0.1) is 0 Å². The Morgan fingerprint density at radius 1 is 0.750 bits per heavy atom. The lowest BCUT2D eigenvalue weighted by Crippen LogP contribution is -2.00. The molecular formula is C20H22. The molecule has 20 heavy (non-hydrogen) atoms. The summed E-state index contributed by atoms with van der Waals surface area (Å²) in [5.41, 5.74) is 12.9. The lowest BCUT2D eigenvalue weighted by atomic mass is 9.84. The van der Waals surface area contributed by atoms with Crippen LogP contribution in [0.1, 0.15) is 38.9 Å².